The number of benzene rings is 1. The van der Waals surface area contributed by atoms with Crippen molar-refractivity contribution in [3.05, 3.63) is 36.3 Å². The number of hydrogen-bond donors (Lipinski definition) is 0. The Morgan fingerprint density at radius 1 is 1.20 bits per heavy atom. The zero-order chi connectivity index (χ0) is 10.4. The molecule has 0 bridgehead atoms. The normalized spacial score (nSPS) is 11.3. The van der Waals surface area contributed by atoms with Gasteiger partial charge in [0.25, 0.3) is 0 Å². The van der Waals surface area contributed by atoms with Crippen LogP contribution in [0.5, 0.6) is 0 Å². The standard InChI is InChI=1S/C12H8O3/c1-7(13)11-9-3-5-14-10(9)6-8-2-4-15-12(8)11/h2-6H,1H3. The Morgan fingerprint density at radius 2 is 2.00 bits per heavy atom. The first-order valence-corrected chi connectivity index (χ1v) is 4.66. The number of rotatable bonds is 1. The molecule has 0 aliphatic heterocycles. The topological polar surface area (TPSA) is 43.4 Å². The van der Waals surface area contributed by atoms with E-state index in [0.29, 0.717) is 16.7 Å². The fourth-order valence-corrected chi connectivity index (χ4v) is 1.89. The van der Waals surface area contributed by atoms with Gasteiger partial charge in [-0.2, -0.15) is 0 Å². The van der Waals surface area contributed by atoms with Crippen molar-refractivity contribution in [3.63, 3.8) is 0 Å². The van der Waals surface area contributed by atoms with Gasteiger partial charge in [0, 0.05) is 10.8 Å². The molecule has 0 aliphatic rings. The quantitative estimate of drug-likeness (QED) is 0.565. The second-order valence-corrected chi connectivity index (χ2v) is 3.48. The smallest absolute Gasteiger partial charge is 0.164 e. The van der Waals surface area contributed by atoms with Crippen molar-refractivity contribution in [2.75, 3.05) is 0 Å². The highest BCUT2D eigenvalue weighted by Crippen LogP contribution is 2.30. The first-order chi connectivity index (χ1) is 7.27. The lowest BCUT2D eigenvalue weighted by molar-refractivity contribution is 0.102. The minimum Gasteiger partial charge on any atom is -0.464 e. The Morgan fingerprint density at radius 3 is 2.80 bits per heavy atom. The van der Waals surface area contributed by atoms with E-state index in [0.717, 1.165) is 10.8 Å². The highest BCUT2D eigenvalue weighted by molar-refractivity contribution is 6.15. The predicted octanol–water partition coefficient (Wildman–Crippen LogP) is 3.38. The fourth-order valence-electron chi connectivity index (χ4n) is 1.89. The Kier molecular flexibility index (Phi) is 1.51. The number of carbonyl (C=O) groups is 1. The maximum atomic E-state index is 11.6. The van der Waals surface area contributed by atoms with Crippen molar-refractivity contribution >= 4 is 27.7 Å². The van der Waals surface area contributed by atoms with E-state index >= 15 is 0 Å². The van der Waals surface area contributed by atoms with Gasteiger partial charge in [-0.15, -0.1) is 0 Å². The summed E-state index contributed by atoms with van der Waals surface area (Å²) in [6.07, 6.45) is 3.16. The molecule has 1 aromatic carbocycles. The molecule has 3 rings (SSSR count). The van der Waals surface area contributed by atoms with Gasteiger partial charge >= 0.3 is 0 Å². The molecular formula is C12H8O3. The molecular weight excluding hydrogens is 192 g/mol. The van der Waals surface area contributed by atoms with E-state index in [1.54, 1.807) is 18.6 Å². The largest absolute Gasteiger partial charge is 0.464 e. The van der Waals surface area contributed by atoms with Crippen molar-refractivity contribution in [2.45, 2.75) is 6.92 Å². The molecule has 15 heavy (non-hydrogen) atoms. The summed E-state index contributed by atoms with van der Waals surface area (Å²) < 4.78 is 10.6. The molecule has 74 valence electrons. The van der Waals surface area contributed by atoms with Crippen LogP contribution in [0.15, 0.2) is 39.6 Å². The van der Waals surface area contributed by atoms with Crippen LogP contribution >= 0.6 is 0 Å². The lowest BCUT2D eigenvalue weighted by Gasteiger charge is -1.98. The molecule has 2 heterocycles. The van der Waals surface area contributed by atoms with Gasteiger partial charge in [-0.1, -0.05) is 0 Å². The van der Waals surface area contributed by atoms with E-state index < -0.39 is 0 Å². The van der Waals surface area contributed by atoms with Gasteiger partial charge in [0.1, 0.15) is 11.2 Å². The van der Waals surface area contributed by atoms with Crippen molar-refractivity contribution in [1.29, 1.82) is 0 Å². The average Bonchev–Trinajstić information content (AvgIpc) is 2.79. The third kappa shape index (κ3) is 1.03. The maximum Gasteiger partial charge on any atom is 0.164 e. The van der Waals surface area contributed by atoms with E-state index in [2.05, 4.69) is 0 Å². The molecule has 2 aromatic heterocycles. The molecule has 0 fully saturated rings. The SMILES string of the molecule is CC(=O)c1c2ccoc2cc2ccoc12. The van der Waals surface area contributed by atoms with E-state index in [-0.39, 0.29) is 5.78 Å². The van der Waals surface area contributed by atoms with E-state index in [4.69, 9.17) is 8.83 Å². The van der Waals surface area contributed by atoms with Crippen LogP contribution in [0, 0.1) is 0 Å². The summed E-state index contributed by atoms with van der Waals surface area (Å²) in [4.78, 5) is 11.6. The van der Waals surface area contributed by atoms with Gasteiger partial charge in [-0.3, -0.25) is 4.79 Å². The van der Waals surface area contributed by atoms with Gasteiger partial charge in [-0.05, 0) is 25.1 Å². The third-order valence-corrected chi connectivity index (χ3v) is 2.53. The molecule has 0 saturated heterocycles. The minimum atomic E-state index is -0.0121. The Labute approximate surface area is 85.3 Å². The van der Waals surface area contributed by atoms with E-state index in [1.807, 2.05) is 12.1 Å². The summed E-state index contributed by atoms with van der Waals surface area (Å²) >= 11 is 0. The molecule has 0 saturated carbocycles. The molecule has 3 heteroatoms. The van der Waals surface area contributed by atoms with Crippen molar-refractivity contribution < 1.29 is 13.6 Å². The summed E-state index contributed by atoms with van der Waals surface area (Å²) in [6, 6.07) is 5.48. The monoisotopic (exact) mass is 200 g/mol. The number of hydrogen-bond acceptors (Lipinski definition) is 3. The zero-order valence-electron chi connectivity index (χ0n) is 8.11. The average molecular weight is 200 g/mol. The van der Waals surface area contributed by atoms with Crippen LogP contribution in [0.4, 0.5) is 0 Å². The highest BCUT2D eigenvalue weighted by Gasteiger charge is 2.15. The summed E-state index contributed by atoms with van der Waals surface area (Å²) in [5, 5.41) is 1.70. The van der Waals surface area contributed by atoms with Crippen LogP contribution in [-0.4, -0.2) is 5.78 Å². The number of Topliss-reactive ketones (excluding diaryl/α,β-unsaturated/α-hetero) is 1. The predicted molar refractivity (Wildman–Crippen MR) is 56.0 cm³/mol. The van der Waals surface area contributed by atoms with Crippen LogP contribution in [-0.2, 0) is 0 Å². The minimum absolute atomic E-state index is 0.0121. The molecule has 3 nitrogen and oxygen atoms in total. The Balaban J connectivity index is 2.62. The van der Waals surface area contributed by atoms with Gasteiger partial charge in [0.15, 0.2) is 5.78 Å². The maximum absolute atomic E-state index is 11.6. The molecule has 3 aromatic rings. The highest BCUT2D eigenvalue weighted by atomic mass is 16.3. The molecule has 0 amide bonds. The summed E-state index contributed by atoms with van der Waals surface area (Å²) in [5.41, 5.74) is 1.95. The van der Waals surface area contributed by atoms with Crippen molar-refractivity contribution in [1.82, 2.24) is 0 Å². The summed E-state index contributed by atoms with van der Waals surface area (Å²) in [6.45, 7) is 1.53. The van der Waals surface area contributed by atoms with Crippen LogP contribution < -0.4 is 0 Å². The summed E-state index contributed by atoms with van der Waals surface area (Å²) in [7, 11) is 0. The second-order valence-electron chi connectivity index (χ2n) is 3.48. The van der Waals surface area contributed by atoms with E-state index in [9.17, 15) is 4.79 Å². The first-order valence-electron chi connectivity index (χ1n) is 4.66. The first kappa shape index (κ1) is 8.29. The number of ketones is 1. The zero-order valence-corrected chi connectivity index (χ0v) is 8.11. The van der Waals surface area contributed by atoms with Crippen LogP contribution in [0.25, 0.3) is 21.9 Å². The van der Waals surface area contributed by atoms with Crippen molar-refractivity contribution in [3.8, 4) is 0 Å². The van der Waals surface area contributed by atoms with E-state index in [1.165, 1.54) is 6.92 Å². The molecule has 0 radical (unpaired) electrons. The lowest BCUT2D eigenvalue weighted by Crippen LogP contribution is -1.93. The Bertz CT molecular complexity index is 609. The molecule has 0 spiro atoms. The summed E-state index contributed by atoms with van der Waals surface area (Å²) in [5.74, 6) is -0.0121. The molecule has 0 N–H and O–H groups in total. The third-order valence-electron chi connectivity index (χ3n) is 2.53. The van der Waals surface area contributed by atoms with Gasteiger partial charge in [0.2, 0.25) is 0 Å². The second kappa shape index (κ2) is 2.73. The van der Waals surface area contributed by atoms with Crippen LogP contribution in [0.3, 0.4) is 0 Å². The lowest BCUT2D eigenvalue weighted by atomic mass is 10.0. The number of carbonyl (C=O) groups excluding carboxylic acids is 1. The van der Waals surface area contributed by atoms with Gasteiger partial charge in [0.05, 0.1) is 18.1 Å². The van der Waals surface area contributed by atoms with Crippen molar-refractivity contribution in [2.24, 2.45) is 0 Å². The number of furan rings is 2. The van der Waals surface area contributed by atoms with Crippen LogP contribution in [0.2, 0.25) is 0 Å². The Hall–Kier alpha value is -2.03. The molecule has 0 unspecified atom stereocenters. The van der Waals surface area contributed by atoms with Gasteiger partial charge in [-0.25, -0.2) is 0 Å². The van der Waals surface area contributed by atoms with Gasteiger partial charge < -0.3 is 8.83 Å². The molecule has 0 aliphatic carbocycles. The van der Waals surface area contributed by atoms with Crippen LogP contribution in [0.1, 0.15) is 17.3 Å². The fraction of sp³-hybridized carbons (Fsp3) is 0.0833. The molecule has 0 atom stereocenters. The number of fused-ring (bicyclic) bond motifs is 2.